The first-order valence-corrected chi connectivity index (χ1v) is 12.1. The van der Waals surface area contributed by atoms with Crippen molar-refractivity contribution >= 4 is 22.6 Å². The third kappa shape index (κ3) is 5.04. The molecule has 2 aromatic carbocycles. The Labute approximate surface area is 228 Å². The number of nitrogens with zero attached hydrogens (tertiary/aromatic N) is 4. The molecule has 0 radical (unpaired) electrons. The molecule has 0 aliphatic rings. The van der Waals surface area contributed by atoms with Gasteiger partial charge in [0.1, 0.15) is 22.6 Å². The summed E-state index contributed by atoms with van der Waals surface area (Å²) >= 11 is 0. The second kappa shape index (κ2) is 10.8. The second-order valence-corrected chi connectivity index (χ2v) is 8.74. The Morgan fingerprint density at radius 3 is 2.35 bits per heavy atom. The summed E-state index contributed by atoms with van der Waals surface area (Å²) in [5.41, 5.74) is 2.11. The molecule has 3 aromatic heterocycles. The van der Waals surface area contributed by atoms with Gasteiger partial charge in [-0.05, 0) is 67.9 Å². The summed E-state index contributed by atoms with van der Waals surface area (Å²) < 4.78 is 31.1. The summed E-state index contributed by atoms with van der Waals surface area (Å²) in [6.07, 6.45) is 1.59. The number of hydrogen-bond acceptors (Lipinski definition) is 8. The van der Waals surface area contributed by atoms with Gasteiger partial charge in [0.05, 0.1) is 31.1 Å². The van der Waals surface area contributed by atoms with E-state index in [1.807, 2.05) is 0 Å². The molecule has 202 valence electrons. The van der Waals surface area contributed by atoms with Crippen LogP contribution in [0.5, 0.6) is 23.1 Å². The number of amides is 1. The van der Waals surface area contributed by atoms with Crippen molar-refractivity contribution < 1.29 is 23.4 Å². The molecule has 0 saturated heterocycles. The maximum atomic E-state index is 13.4. The molecule has 5 aromatic rings. The van der Waals surface area contributed by atoms with E-state index in [9.17, 15) is 14.0 Å². The summed E-state index contributed by atoms with van der Waals surface area (Å²) in [5.74, 6) is 0.640. The number of methoxy groups -OCH3 is 2. The topological polar surface area (TPSA) is 117 Å². The molecular weight excluding hydrogens is 517 g/mol. The van der Waals surface area contributed by atoms with Crippen LogP contribution in [0.25, 0.3) is 16.7 Å². The van der Waals surface area contributed by atoms with Crippen LogP contribution < -0.4 is 25.1 Å². The van der Waals surface area contributed by atoms with Gasteiger partial charge in [-0.1, -0.05) is 0 Å². The lowest BCUT2D eigenvalue weighted by Gasteiger charge is -2.13. The van der Waals surface area contributed by atoms with Crippen LogP contribution in [0.15, 0.2) is 71.7 Å². The fourth-order valence-electron chi connectivity index (χ4n) is 4.06. The Kier molecular flexibility index (Phi) is 7.11. The Hall–Kier alpha value is -5.32. The Balaban J connectivity index is 1.39. The van der Waals surface area contributed by atoms with Crippen LogP contribution >= 0.6 is 0 Å². The van der Waals surface area contributed by atoms with Gasteiger partial charge < -0.3 is 19.5 Å². The number of aryl methyl sites for hydroxylation is 1. The van der Waals surface area contributed by atoms with Crippen LogP contribution in [0.1, 0.15) is 21.6 Å². The number of benzene rings is 2. The molecule has 0 aliphatic carbocycles. The number of anilines is 1. The van der Waals surface area contributed by atoms with E-state index in [0.717, 1.165) is 4.68 Å². The second-order valence-electron chi connectivity index (χ2n) is 8.74. The van der Waals surface area contributed by atoms with Gasteiger partial charge >= 0.3 is 0 Å². The molecule has 0 aliphatic heterocycles. The molecule has 0 spiro atoms. The zero-order chi connectivity index (χ0) is 28.4. The minimum Gasteiger partial charge on any atom is -0.491 e. The van der Waals surface area contributed by atoms with Gasteiger partial charge in [0, 0.05) is 24.0 Å². The maximum absolute atomic E-state index is 13.4. The number of aromatic nitrogens is 4. The Morgan fingerprint density at radius 1 is 0.950 bits per heavy atom. The van der Waals surface area contributed by atoms with Gasteiger partial charge in [-0.2, -0.15) is 9.78 Å². The van der Waals surface area contributed by atoms with Crippen LogP contribution in [-0.2, 0) is 0 Å². The van der Waals surface area contributed by atoms with Gasteiger partial charge in [0.25, 0.3) is 17.3 Å². The average molecular weight is 542 g/mol. The molecule has 1 N–H and O–H groups in total. The fourth-order valence-corrected chi connectivity index (χ4v) is 4.06. The van der Waals surface area contributed by atoms with Crippen molar-refractivity contribution in [1.29, 1.82) is 0 Å². The first-order chi connectivity index (χ1) is 19.3. The number of pyridine rings is 2. The molecule has 0 fully saturated rings. The smallest absolute Gasteiger partial charge is 0.284 e. The monoisotopic (exact) mass is 541 g/mol. The molecule has 0 unspecified atom stereocenters. The fraction of sp³-hybridized carbons (Fsp3) is 0.138. The highest BCUT2D eigenvalue weighted by atomic mass is 19.1. The molecule has 1 amide bonds. The summed E-state index contributed by atoms with van der Waals surface area (Å²) in [6.45, 7) is 3.35. The van der Waals surface area contributed by atoms with Crippen molar-refractivity contribution in [1.82, 2.24) is 19.7 Å². The number of halogens is 1. The quantitative estimate of drug-likeness (QED) is 0.306. The van der Waals surface area contributed by atoms with Crippen LogP contribution in [0, 0.1) is 19.7 Å². The number of hydrogen-bond donors (Lipinski definition) is 1. The SMILES string of the molecule is COc1cc2nccc(Oc3ccc(NC(=O)c4c(C)c(C)nn(-c5ccc(F)cc5)c4=O)cc3)c2nc1OC. The summed E-state index contributed by atoms with van der Waals surface area (Å²) in [5, 5.41) is 7.03. The van der Waals surface area contributed by atoms with Gasteiger partial charge in [0.15, 0.2) is 11.5 Å². The molecule has 3 heterocycles. The molecule has 11 heteroatoms. The molecule has 40 heavy (non-hydrogen) atoms. The Bertz CT molecular complexity index is 1790. The summed E-state index contributed by atoms with van der Waals surface area (Å²) in [7, 11) is 3.01. The predicted octanol–water partition coefficient (Wildman–Crippen LogP) is 4.99. The van der Waals surface area contributed by atoms with Crippen LogP contribution in [-0.4, -0.2) is 39.9 Å². The zero-order valence-corrected chi connectivity index (χ0v) is 22.1. The minimum absolute atomic E-state index is 0.0594. The predicted molar refractivity (Wildman–Crippen MR) is 146 cm³/mol. The van der Waals surface area contributed by atoms with E-state index in [0.29, 0.717) is 56.8 Å². The van der Waals surface area contributed by atoms with E-state index in [-0.39, 0.29) is 5.56 Å². The van der Waals surface area contributed by atoms with Crippen molar-refractivity contribution in [2.45, 2.75) is 13.8 Å². The Morgan fingerprint density at radius 2 is 1.68 bits per heavy atom. The number of ether oxygens (including phenoxy) is 3. The molecular formula is C29H24FN5O5. The molecule has 0 saturated carbocycles. The van der Waals surface area contributed by atoms with Crippen LogP contribution in [0.3, 0.4) is 0 Å². The molecule has 0 bridgehead atoms. The highest BCUT2D eigenvalue weighted by molar-refractivity contribution is 6.05. The first kappa shape index (κ1) is 26.3. The van der Waals surface area contributed by atoms with Crippen molar-refractivity contribution in [2.75, 3.05) is 19.5 Å². The van der Waals surface area contributed by atoms with E-state index < -0.39 is 17.3 Å². The number of carbonyl (C=O) groups excluding carboxylic acids is 1. The van der Waals surface area contributed by atoms with E-state index in [1.165, 1.54) is 38.5 Å². The average Bonchev–Trinajstić information content (AvgIpc) is 2.96. The van der Waals surface area contributed by atoms with Crippen molar-refractivity contribution in [2.24, 2.45) is 0 Å². The summed E-state index contributed by atoms with van der Waals surface area (Å²) in [4.78, 5) is 35.2. The van der Waals surface area contributed by atoms with Crippen LogP contribution in [0.4, 0.5) is 10.1 Å². The van der Waals surface area contributed by atoms with Gasteiger partial charge in [0.2, 0.25) is 0 Å². The minimum atomic E-state index is -0.615. The number of rotatable bonds is 7. The van der Waals surface area contributed by atoms with Crippen molar-refractivity contribution in [3.05, 3.63) is 99.9 Å². The zero-order valence-electron chi connectivity index (χ0n) is 22.1. The molecule has 5 rings (SSSR count). The number of fused-ring (bicyclic) bond motifs is 1. The standard InChI is InChI=1S/C29H24FN5O5/c1-16-17(2)34-35(20-9-5-18(30)6-10-20)29(37)25(16)27(36)32-19-7-11-21(12-8-19)40-23-13-14-31-22-15-24(38-3)28(39-4)33-26(22)23/h5-15H,1-4H3,(H,32,36). The number of nitrogens with one attached hydrogen (secondary N) is 1. The van der Waals surface area contributed by atoms with Crippen molar-refractivity contribution in [3.63, 3.8) is 0 Å². The highest BCUT2D eigenvalue weighted by Crippen LogP contribution is 2.34. The lowest BCUT2D eigenvalue weighted by atomic mass is 10.1. The normalized spacial score (nSPS) is 10.8. The first-order valence-electron chi connectivity index (χ1n) is 12.1. The molecule has 0 atom stereocenters. The largest absolute Gasteiger partial charge is 0.491 e. The van der Waals surface area contributed by atoms with Gasteiger partial charge in [-0.25, -0.2) is 9.37 Å². The van der Waals surface area contributed by atoms with Gasteiger partial charge in [-0.15, -0.1) is 0 Å². The third-order valence-corrected chi connectivity index (χ3v) is 6.23. The van der Waals surface area contributed by atoms with E-state index in [1.54, 1.807) is 56.4 Å². The van der Waals surface area contributed by atoms with Crippen LogP contribution in [0.2, 0.25) is 0 Å². The van der Waals surface area contributed by atoms with E-state index in [2.05, 4.69) is 20.4 Å². The van der Waals surface area contributed by atoms with Crippen molar-refractivity contribution in [3.8, 4) is 28.8 Å². The third-order valence-electron chi connectivity index (χ3n) is 6.23. The number of carbonyl (C=O) groups is 1. The lowest BCUT2D eigenvalue weighted by Crippen LogP contribution is -2.32. The van der Waals surface area contributed by atoms with Gasteiger partial charge in [-0.3, -0.25) is 14.6 Å². The molecule has 10 nitrogen and oxygen atoms in total. The highest BCUT2D eigenvalue weighted by Gasteiger charge is 2.20. The van der Waals surface area contributed by atoms with E-state index >= 15 is 0 Å². The maximum Gasteiger partial charge on any atom is 0.284 e. The summed E-state index contributed by atoms with van der Waals surface area (Å²) in [6, 6.07) is 15.3. The van der Waals surface area contributed by atoms with E-state index in [4.69, 9.17) is 14.2 Å². The lowest BCUT2D eigenvalue weighted by molar-refractivity contribution is 0.102.